The first kappa shape index (κ1) is 11.8. The van der Waals surface area contributed by atoms with E-state index in [2.05, 4.69) is 48.3 Å². The molecule has 1 rings (SSSR count). The van der Waals surface area contributed by atoms with Gasteiger partial charge in [-0.2, -0.15) is 0 Å². The van der Waals surface area contributed by atoms with Crippen molar-refractivity contribution in [3.8, 4) is 0 Å². The fourth-order valence-electron chi connectivity index (χ4n) is 1.45. The Bertz CT molecular complexity index is 320. The van der Waals surface area contributed by atoms with Gasteiger partial charge in [-0.15, -0.1) is 5.73 Å². The maximum Gasteiger partial charge on any atom is 0.0210 e. The molecule has 0 spiro atoms. The van der Waals surface area contributed by atoms with Crippen molar-refractivity contribution in [2.45, 2.75) is 19.8 Å². The quantitative estimate of drug-likeness (QED) is 0.570. The summed E-state index contributed by atoms with van der Waals surface area (Å²) < 4.78 is 0. The summed E-state index contributed by atoms with van der Waals surface area (Å²) >= 11 is 0. The molecule has 0 heterocycles. The monoisotopic (exact) mass is 201 g/mol. The van der Waals surface area contributed by atoms with Crippen molar-refractivity contribution in [1.29, 1.82) is 0 Å². The van der Waals surface area contributed by atoms with Crippen LogP contribution in [-0.4, -0.2) is 13.1 Å². The highest BCUT2D eigenvalue weighted by atomic mass is 14.8. The molecule has 0 amide bonds. The van der Waals surface area contributed by atoms with Gasteiger partial charge in [0.2, 0.25) is 0 Å². The summed E-state index contributed by atoms with van der Waals surface area (Å²) in [6, 6.07) is 10.6. The topological polar surface area (TPSA) is 12.0 Å². The van der Waals surface area contributed by atoms with Crippen LogP contribution in [-0.2, 0) is 0 Å². The van der Waals surface area contributed by atoms with E-state index in [1.165, 1.54) is 5.56 Å². The molecule has 0 bridgehead atoms. The summed E-state index contributed by atoms with van der Waals surface area (Å²) in [7, 11) is 0. The van der Waals surface area contributed by atoms with E-state index >= 15 is 0 Å². The van der Waals surface area contributed by atoms with Gasteiger partial charge in [-0.1, -0.05) is 37.3 Å². The summed E-state index contributed by atoms with van der Waals surface area (Å²) in [6.45, 7) is 6.11. The van der Waals surface area contributed by atoms with E-state index in [1.54, 1.807) is 0 Å². The summed E-state index contributed by atoms with van der Waals surface area (Å²) in [4.78, 5) is 0. The molecule has 0 aliphatic rings. The Morgan fingerprint density at radius 3 is 2.73 bits per heavy atom. The molecule has 1 atom stereocenters. The molecule has 0 fully saturated rings. The second kappa shape index (κ2) is 7.05. The van der Waals surface area contributed by atoms with Gasteiger partial charge >= 0.3 is 0 Å². The highest BCUT2D eigenvalue weighted by Gasteiger charge is 2.02. The van der Waals surface area contributed by atoms with Crippen molar-refractivity contribution < 1.29 is 0 Å². The predicted molar refractivity (Wildman–Crippen MR) is 66.1 cm³/mol. The average molecular weight is 201 g/mol. The Hall–Kier alpha value is -1.30. The normalized spacial score (nSPS) is 11.6. The van der Waals surface area contributed by atoms with Crippen LogP contribution >= 0.6 is 0 Å². The molecule has 80 valence electrons. The van der Waals surface area contributed by atoms with Crippen LogP contribution in [0, 0.1) is 0 Å². The maximum atomic E-state index is 3.38. The molecule has 0 aliphatic carbocycles. The zero-order chi connectivity index (χ0) is 10.9. The van der Waals surface area contributed by atoms with E-state index in [1.807, 2.05) is 19.1 Å². The first-order chi connectivity index (χ1) is 7.34. The lowest BCUT2D eigenvalue weighted by Gasteiger charge is -2.11. The smallest absolute Gasteiger partial charge is 0.0210 e. The van der Waals surface area contributed by atoms with Gasteiger partial charge in [-0.3, -0.25) is 0 Å². The number of benzene rings is 1. The van der Waals surface area contributed by atoms with Gasteiger partial charge in [0, 0.05) is 13.1 Å². The molecule has 15 heavy (non-hydrogen) atoms. The number of hydrogen-bond donors (Lipinski definition) is 1. The van der Waals surface area contributed by atoms with Crippen molar-refractivity contribution in [3.05, 3.63) is 53.8 Å². The average Bonchev–Trinajstić information content (AvgIpc) is 2.30. The second-order valence-electron chi connectivity index (χ2n) is 3.63. The zero-order valence-electron chi connectivity index (χ0n) is 9.53. The Morgan fingerprint density at radius 1 is 1.33 bits per heavy atom. The van der Waals surface area contributed by atoms with Crippen LogP contribution in [0.25, 0.3) is 0 Å². The van der Waals surface area contributed by atoms with Crippen molar-refractivity contribution in [3.63, 3.8) is 0 Å². The highest BCUT2D eigenvalue weighted by molar-refractivity contribution is 5.18. The van der Waals surface area contributed by atoms with E-state index in [0.717, 1.165) is 13.1 Å². The van der Waals surface area contributed by atoms with Gasteiger partial charge in [0.1, 0.15) is 0 Å². The first-order valence-electron chi connectivity index (χ1n) is 5.46. The Morgan fingerprint density at radius 2 is 2.07 bits per heavy atom. The summed E-state index contributed by atoms with van der Waals surface area (Å²) in [5.41, 5.74) is 4.44. The van der Waals surface area contributed by atoms with E-state index in [9.17, 15) is 0 Å². The van der Waals surface area contributed by atoms with Gasteiger partial charge in [-0.05, 0) is 30.6 Å². The summed E-state index contributed by atoms with van der Waals surface area (Å²) in [5.74, 6) is 0.560. The SMILES string of the molecule is CC=C=CCNC[C@H](C)c1ccccc1. The van der Waals surface area contributed by atoms with E-state index in [4.69, 9.17) is 0 Å². The van der Waals surface area contributed by atoms with Crippen LogP contribution in [0.15, 0.2) is 48.2 Å². The second-order valence-corrected chi connectivity index (χ2v) is 3.63. The molecular weight excluding hydrogens is 182 g/mol. The molecule has 1 nitrogen and oxygen atoms in total. The van der Waals surface area contributed by atoms with E-state index in [0.29, 0.717) is 5.92 Å². The minimum absolute atomic E-state index is 0.560. The first-order valence-corrected chi connectivity index (χ1v) is 5.46. The summed E-state index contributed by atoms with van der Waals surface area (Å²) in [6.07, 6.45) is 3.93. The van der Waals surface area contributed by atoms with Crippen LogP contribution in [0.4, 0.5) is 0 Å². The molecular formula is C14H19N. The third-order valence-corrected chi connectivity index (χ3v) is 2.35. The van der Waals surface area contributed by atoms with E-state index < -0.39 is 0 Å². The Balaban J connectivity index is 2.31. The van der Waals surface area contributed by atoms with Crippen LogP contribution in [0.1, 0.15) is 25.3 Å². The molecule has 0 radical (unpaired) electrons. The number of hydrogen-bond acceptors (Lipinski definition) is 1. The fourth-order valence-corrected chi connectivity index (χ4v) is 1.45. The van der Waals surface area contributed by atoms with Crippen molar-refractivity contribution in [1.82, 2.24) is 5.32 Å². The highest BCUT2D eigenvalue weighted by Crippen LogP contribution is 2.12. The maximum absolute atomic E-state index is 3.38. The predicted octanol–water partition coefficient (Wildman–Crippen LogP) is 3.11. The van der Waals surface area contributed by atoms with E-state index in [-0.39, 0.29) is 0 Å². The Labute approximate surface area is 92.5 Å². The zero-order valence-corrected chi connectivity index (χ0v) is 9.53. The summed E-state index contributed by atoms with van der Waals surface area (Å²) in [5, 5.41) is 3.38. The minimum atomic E-state index is 0.560. The number of nitrogens with one attached hydrogen (secondary N) is 1. The van der Waals surface area contributed by atoms with Crippen molar-refractivity contribution in [2.75, 3.05) is 13.1 Å². The van der Waals surface area contributed by atoms with Gasteiger partial charge < -0.3 is 5.32 Å². The van der Waals surface area contributed by atoms with Crippen molar-refractivity contribution in [2.24, 2.45) is 0 Å². The number of rotatable bonds is 5. The largest absolute Gasteiger partial charge is 0.312 e. The van der Waals surface area contributed by atoms with Gasteiger partial charge in [-0.25, -0.2) is 0 Å². The lowest BCUT2D eigenvalue weighted by Crippen LogP contribution is -2.19. The van der Waals surface area contributed by atoms with Gasteiger partial charge in [0.05, 0.1) is 0 Å². The van der Waals surface area contributed by atoms with Gasteiger partial charge in [0.25, 0.3) is 0 Å². The molecule has 0 aliphatic heterocycles. The van der Waals surface area contributed by atoms with Crippen LogP contribution in [0.2, 0.25) is 0 Å². The molecule has 0 aromatic heterocycles. The molecule has 1 N–H and O–H groups in total. The van der Waals surface area contributed by atoms with Crippen LogP contribution < -0.4 is 5.32 Å². The lowest BCUT2D eigenvalue weighted by molar-refractivity contribution is 0.651. The third-order valence-electron chi connectivity index (χ3n) is 2.35. The van der Waals surface area contributed by atoms with Crippen molar-refractivity contribution >= 4 is 0 Å². The third kappa shape index (κ3) is 4.64. The standard InChI is InChI=1S/C14H19N/c1-3-4-8-11-15-12-13(2)14-9-6-5-7-10-14/h3,5-10,13,15H,11-12H2,1-2H3/t4?,13-/m0/s1. The fraction of sp³-hybridized carbons (Fsp3) is 0.357. The Kier molecular flexibility index (Phi) is 5.54. The molecule has 0 saturated carbocycles. The molecule has 0 unspecified atom stereocenters. The molecule has 1 aromatic carbocycles. The molecule has 1 aromatic rings. The minimum Gasteiger partial charge on any atom is -0.312 e. The molecule has 0 saturated heterocycles. The lowest BCUT2D eigenvalue weighted by atomic mass is 10.0. The van der Waals surface area contributed by atoms with Crippen LogP contribution in [0.5, 0.6) is 0 Å². The van der Waals surface area contributed by atoms with Crippen LogP contribution in [0.3, 0.4) is 0 Å². The molecule has 1 heteroatoms. The van der Waals surface area contributed by atoms with Gasteiger partial charge in [0.15, 0.2) is 0 Å².